The highest BCUT2D eigenvalue weighted by atomic mass is 19.4. The van der Waals surface area contributed by atoms with Crippen molar-refractivity contribution in [2.45, 2.75) is 44.0 Å². The Morgan fingerprint density at radius 1 is 1.14 bits per heavy atom. The van der Waals surface area contributed by atoms with Gasteiger partial charge >= 0.3 is 11.9 Å². The van der Waals surface area contributed by atoms with Crippen LogP contribution in [0.5, 0.6) is 5.75 Å². The topological polar surface area (TPSA) is 72.3 Å². The summed E-state index contributed by atoms with van der Waals surface area (Å²) in [6, 6.07) is 10.2. The molecule has 6 nitrogen and oxygen atoms in total. The molecule has 1 aliphatic carbocycles. The Morgan fingerprint density at radius 2 is 1.90 bits per heavy atom. The van der Waals surface area contributed by atoms with Crippen LogP contribution in [0.25, 0.3) is 5.65 Å². The van der Waals surface area contributed by atoms with Crippen LogP contribution in [0, 0.1) is 11.3 Å². The second-order valence-corrected chi connectivity index (χ2v) is 7.02. The van der Waals surface area contributed by atoms with E-state index in [4.69, 9.17) is 10.00 Å². The summed E-state index contributed by atoms with van der Waals surface area (Å²) in [5, 5.41) is 13.3. The van der Waals surface area contributed by atoms with Crippen molar-refractivity contribution in [3.8, 4) is 11.8 Å². The molecule has 0 N–H and O–H groups in total. The van der Waals surface area contributed by atoms with Gasteiger partial charge < -0.3 is 4.74 Å². The molecule has 1 saturated carbocycles. The van der Waals surface area contributed by atoms with E-state index in [-0.39, 0.29) is 23.6 Å². The van der Waals surface area contributed by atoms with Crippen molar-refractivity contribution in [3.05, 3.63) is 64.2 Å². The van der Waals surface area contributed by atoms with Crippen LogP contribution in [0.4, 0.5) is 13.2 Å². The lowest BCUT2D eigenvalue weighted by molar-refractivity contribution is -0.137. The number of benzene rings is 1. The molecular formula is C20H17F3N4O2. The normalized spacial score (nSPS) is 19.8. The number of hydrogen-bond acceptors (Lipinski definition) is 4. The maximum atomic E-state index is 13.1. The maximum absolute atomic E-state index is 13.1. The molecule has 1 fully saturated rings. The number of ether oxygens (including phenoxy) is 1. The van der Waals surface area contributed by atoms with Gasteiger partial charge in [0.25, 0.3) is 0 Å². The fourth-order valence-corrected chi connectivity index (χ4v) is 3.71. The summed E-state index contributed by atoms with van der Waals surface area (Å²) >= 11 is 0. The third-order valence-corrected chi connectivity index (χ3v) is 5.16. The monoisotopic (exact) mass is 402 g/mol. The van der Waals surface area contributed by atoms with Gasteiger partial charge in [0.1, 0.15) is 5.75 Å². The van der Waals surface area contributed by atoms with Crippen molar-refractivity contribution in [1.82, 2.24) is 14.2 Å². The van der Waals surface area contributed by atoms with Crippen LogP contribution in [-0.4, -0.2) is 20.3 Å². The molecule has 0 radical (unpaired) electrons. The lowest BCUT2D eigenvalue weighted by atomic mass is 9.93. The molecule has 29 heavy (non-hydrogen) atoms. The Labute approximate surface area is 163 Å². The average Bonchev–Trinajstić information content (AvgIpc) is 3.05. The van der Waals surface area contributed by atoms with Crippen LogP contribution in [0.1, 0.15) is 42.9 Å². The molecule has 9 heteroatoms. The zero-order valence-corrected chi connectivity index (χ0v) is 15.3. The lowest BCUT2D eigenvalue weighted by Crippen LogP contribution is -2.31. The quantitative estimate of drug-likeness (QED) is 0.665. The van der Waals surface area contributed by atoms with Crippen LogP contribution in [0.15, 0.2) is 47.4 Å². The minimum Gasteiger partial charge on any atom is -0.490 e. The molecule has 2 aromatic heterocycles. The maximum Gasteiger partial charge on any atom is 0.417 e. The molecule has 0 spiro atoms. The van der Waals surface area contributed by atoms with E-state index in [2.05, 4.69) is 5.10 Å². The van der Waals surface area contributed by atoms with Gasteiger partial charge in [0.05, 0.1) is 29.3 Å². The van der Waals surface area contributed by atoms with Gasteiger partial charge in [-0.05, 0) is 56.0 Å². The molecule has 3 aromatic rings. The summed E-state index contributed by atoms with van der Waals surface area (Å²) in [6.07, 6.45) is -0.759. The molecule has 0 unspecified atom stereocenters. The number of pyridine rings is 1. The number of hydrogen-bond donors (Lipinski definition) is 0. The standard InChI is InChI=1S/C20H17F3N4O2/c21-20(22,23)17-11-16(7-4-13(17)12-24)29-15-8-5-14(6-9-15)27-19(28)26-10-2-1-3-18(26)25-27/h1-4,7,10-11,14-15H,5-6,8-9H2. The highest BCUT2D eigenvalue weighted by molar-refractivity contribution is 5.44. The molecule has 2 heterocycles. The number of fused-ring (bicyclic) bond motifs is 1. The zero-order chi connectivity index (χ0) is 20.6. The average molecular weight is 402 g/mol. The number of nitrogens with zero attached hydrogens (tertiary/aromatic N) is 4. The molecule has 0 atom stereocenters. The number of alkyl halides is 3. The van der Waals surface area contributed by atoms with Gasteiger partial charge in [0.15, 0.2) is 5.65 Å². The third-order valence-electron chi connectivity index (χ3n) is 5.16. The Hall–Kier alpha value is -3.28. The number of aromatic nitrogens is 3. The summed E-state index contributed by atoms with van der Waals surface area (Å²) in [5.74, 6) is 0.0877. The van der Waals surface area contributed by atoms with E-state index in [9.17, 15) is 18.0 Å². The molecule has 0 saturated heterocycles. The van der Waals surface area contributed by atoms with Crippen molar-refractivity contribution >= 4 is 5.65 Å². The van der Waals surface area contributed by atoms with Crippen LogP contribution in [0.2, 0.25) is 0 Å². The van der Waals surface area contributed by atoms with Gasteiger partial charge in [-0.2, -0.15) is 18.4 Å². The van der Waals surface area contributed by atoms with Crippen LogP contribution in [0.3, 0.4) is 0 Å². The first-order valence-electron chi connectivity index (χ1n) is 9.21. The predicted molar refractivity (Wildman–Crippen MR) is 97.5 cm³/mol. The van der Waals surface area contributed by atoms with Gasteiger partial charge in [0.2, 0.25) is 0 Å². The Morgan fingerprint density at radius 3 is 2.55 bits per heavy atom. The molecule has 1 aliphatic rings. The third kappa shape index (κ3) is 3.70. The molecule has 1 aromatic carbocycles. The highest BCUT2D eigenvalue weighted by Crippen LogP contribution is 2.36. The van der Waals surface area contributed by atoms with Crippen molar-refractivity contribution in [2.75, 3.05) is 0 Å². The zero-order valence-electron chi connectivity index (χ0n) is 15.3. The van der Waals surface area contributed by atoms with Gasteiger partial charge in [-0.25, -0.2) is 9.48 Å². The highest BCUT2D eigenvalue weighted by Gasteiger charge is 2.34. The van der Waals surface area contributed by atoms with E-state index in [0.29, 0.717) is 31.3 Å². The Bertz CT molecular complexity index is 1140. The minimum atomic E-state index is -4.62. The van der Waals surface area contributed by atoms with E-state index in [1.807, 2.05) is 6.07 Å². The lowest BCUT2D eigenvalue weighted by Gasteiger charge is -2.28. The number of rotatable bonds is 3. The van der Waals surface area contributed by atoms with Crippen molar-refractivity contribution in [1.29, 1.82) is 5.26 Å². The SMILES string of the molecule is N#Cc1ccc(OC2CCC(n3nc4ccccn4c3=O)CC2)cc1C(F)(F)F. The van der Waals surface area contributed by atoms with Gasteiger partial charge in [-0.1, -0.05) is 6.07 Å². The van der Waals surface area contributed by atoms with Gasteiger partial charge in [0, 0.05) is 6.20 Å². The Balaban J connectivity index is 1.46. The second kappa shape index (κ2) is 7.28. The van der Waals surface area contributed by atoms with E-state index in [1.165, 1.54) is 15.1 Å². The molecule has 0 aliphatic heterocycles. The summed E-state index contributed by atoms with van der Waals surface area (Å²) in [7, 11) is 0. The molecule has 0 amide bonds. The van der Waals surface area contributed by atoms with E-state index in [0.717, 1.165) is 12.1 Å². The smallest absolute Gasteiger partial charge is 0.417 e. The Kier molecular flexibility index (Phi) is 4.78. The van der Waals surface area contributed by atoms with E-state index < -0.39 is 17.3 Å². The summed E-state index contributed by atoms with van der Waals surface area (Å²) in [5.41, 5.74) is -1.05. The first-order valence-corrected chi connectivity index (χ1v) is 9.21. The number of nitriles is 1. The van der Waals surface area contributed by atoms with Gasteiger partial charge in [-0.15, -0.1) is 5.10 Å². The molecular weight excluding hydrogens is 385 g/mol. The molecule has 0 bridgehead atoms. The van der Waals surface area contributed by atoms with Crippen molar-refractivity contribution in [3.63, 3.8) is 0 Å². The van der Waals surface area contributed by atoms with Crippen molar-refractivity contribution in [2.24, 2.45) is 0 Å². The number of halogens is 3. The first kappa shape index (κ1) is 19.1. The first-order chi connectivity index (χ1) is 13.9. The van der Waals surface area contributed by atoms with Crippen LogP contribution >= 0.6 is 0 Å². The predicted octanol–water partition coefficient (Wildman–Crippen LogP) is 3.95. The van der Waals surface area contributed by atoms with Gasteiger partial charge in [-0.3, -0.25) is 4.40 Å². The fourth-order valence-electron chi connectivity index (χ4n) is 3.71. The van der Waals surface area contributed by atoms with E-state index >= 15 is 0 Å². The molecule has 150 valence electrons. The summed E-state index contributed by atoms with van der Waals surface area (Å²) in [6.45, 7) is 0. The largest absolute Gasteiger partial charge is 0.490 e. The summed E-state index contributed by atoms with van der Waals surface area (Å²) < 4.78 is 48.0. The van der Waals surface area contributed by atoms with Crippen LogP contribution < -0.4 is 10.4 Å². The fraction of sp³-hybridized carbons (Fsp3) is 0.350. The molecule has 4 rings (SSSR count). The summed E-state index contributed by atoms with van der Waals surface area (Å²) in [4.78, 5) is 12.5. The van der Waals surface area contributed by atoms with Crippen molar-refractivity contribution < 1.29 is 17.9 Å². The minimum absolute atomic E-state index is 0.0750. The van der Waals surface area contributed by atoms with E-state index in [1.54, 1.807) is 24.4 Å². The second-order valence-electron chi connectivity index (χ2n) is 7.02. The van der Waals surface area contributed by atoms with Crippen LogP contribution in [-0.2, 0) is 6.18 Å².